The Hall–Kier alpha value is -1.20. The summed E-state index contributed by atoms with van der Waals surface area (Å²) < 4.78 is 15.7. The molecule has 0 fully saturated rings. The van der Waals surface area contributed by atoms with Crippen LogP contribution < -0.4 is 0 Å². The van der Waals surface area contributed by atoms with E-state index in [4.69, 9.17) is 0 Å². The van der Waals surface area contributed by atoms with E-state index in [0.717, 1.165) is 22.5 Å². The molecule has 2 rings (SSSR count). The standard InChI is InChI=1S/C14H16BrFN2O/c1-8-14(9(2)18(3)17-8)13(19)6-10-4-11(15)7-12(16)5-10/h4-5,7,13,19H,6H2,1-3H3. The normalized spacial score (nSPS) is 12.7. The molecule has 0 aliphatic carbocycles. The summed E-state index contributed by atoms with van der Waals surface area (Å²) in [5, 5.41) is 14.6. The van der Waals surface area contributed by atoms with Crippen LogP contribution in [0.25, 0.3) is 0 Å². The highest BCUT2D eigenvalue weighted by molar-refractivity contribution is 9.10. The quantitative estimate of drug-likeness (QED) is 0.940. The molecule has 3 nitrogen and oxygen atoms in total. The molecule has 102 valence electrons. The van der Waals surface area contributed by atoms with E-state index in [1.165, 1.54) is 12.1 Å². The van der Waals surface area contributed by atoms with Gasteiger partial charge in [-0.1, -0.05) is 15.9 Å². The Morgan fingerprint density at radius 2 is 2.05 bits per heavy atom. The molecule has 1 aromatic heterocycles. The molecule has 2 aromatic rings. The zero-order valence-corrected chi connectivity index (χ0v) is 12.7. The minimum absolute atomic E-state index is 0.309. The maximum atomic E-state index is 13.3. The van der Waals surface area contributed by atoms with Crippen LogP contribution in [0.5, 0.6) is 0 Å². The van der Waals surface area contributed by atoms with Gasteiger partial charge in [0.15, 0.2) is 0 Å². The van der Waals surface area contributed by atoms with E-state index in [0.29, 0.717) is 10.9 Å². The summed E-state index contributed by atoms with van der Waals surface area (Å²) in [6.07, 6.45) is -0.314. The molecule has 1 heterocycles. The molecule has 1 unspecified atom stereocenters. The number of aliphatic hydroxyl groups excluding tert-OH is 1. The van der Waals surface area contributed by atoms with Crippen LogP contribution in [0, 0.1) is 19.7 Å². The molecule has 0 saturated carbocycles. The molecule has 19 heavy (non-hydrogen) atoms. The summed E-state index contributed by atoms with van der Waals surface area (Å²) in [6.45, 7) is 3.78. The first-order chi connectivity index (χ1) is 8.88. The van der Waals surface area contributed by atoms with Gasteiger partial charge in [0.05, 0.1) is 11.8 Å². The smallest absolute Gasteiger partial charge is 0.124 e. The fraction of sp³-hybridized carbons (Fsp3) is 0.357. The first-order valence-electron chi connectivity index (χ1n) is 6.01. The predicted octanol–water partition coefficient (Wildman–Crippen LogP) is 3.21. The van der Waals surface area contributed by atoms with Crippen LogP contribution in [0.1, 0.15) is 28.6 Å². The molecule has 0 saturated heterocycles. The SMILES string of the molecule is Cc1nn(C)c(C)c1C(O)Cc1cc(F)cc(Br)c1. The van der Waals surface area contributed by atoms with E-state index >= 15 is 0 Å². The Kier molecular flexibility index (Phi) is 4.06. The van der Waals surface area contributed by atoms with Crippen LogP contribution in [0.2, 0.25) is 0 Å². The topological polar surface area (TPSA) is 38.0 Å². The number of nitrogens with zero attached hydrogens (tertiary/aromatic N) is 2. The summed E-state index contributed by atoms with van der Waals surface area (Å²) in [6, 6.07) is 4.65. The van der Waals surface area contributed by atoms with E-state index in [-0.39, 0.29) is 5.82 Å². The van der Waals surface area contributed by atoms with Gasteiger partial charge >= 0.3 is 0 Å². The maximum absolute atomic E-state index is 13.3. The average Bonchev–Trinajstić information content (AvgIpc) is 2.51. The monoisotopic (exact) mass is 326 g/mol. The van der Waals surface area contributed by atoms with Crippen molar-refractivity contribution in [2.45, 2.75) is 26.4 Å². The molecule has 5 heteroatoms. The van der Waals surface area contributed by atoms with Crippen LogP contribution in [0.15, 0.2) is 22.7 Å². The van der Waals surface area contributed by atoms with Crippen molar-refractivity contribution in [2.24, 2.45) is 7.05 Å². The van der Waals surface area contributed by atoms with Gasteiger partial charge in [-0.2, -0.15) is 5.10 Å². The highest BCUT2D eigenvalue weighted by Gasteiger charge is 2.18. The van der Waals surface area contributed by atoms with Gasteiger partial charge in [0.2, 0.25) is 0 Å². The molecule has 0 bridgehead atoms. The van der Waals surface area contributed by atoms with Crippen LogP contribution >= 0.6 is 15.9 Å². The van der Waals surface area contributed by atoms with Crippen molar-refractivity contribution in [3.8, 4) is 0 Å². The van der Waals surface area contributed by atoms with Crippen molar-refractivity contribution >= 4 is 15.9 Å². The minimum atomic E-state index is -0.678. The Morgan fingerprint density at radius 3 is 2.58 bits per heavy atom. The number of hydrogen-bond acceptors (Lipinski definition) is 2. The Balaban J connectivity index is 2.27. The van der Waals surface area contributed by atoms with Crippen molar-refractivity contribution in [2.75, 3.05) is 0 Å². The number of aryl methyl sites for hydroxylation is 2. The molecule has 0 aliphatic heterocycles. The largest absolute Gasteiger partial charge is 0.388 e. The molecular formula is C14H16BrFN2O. The second-order valence-corrected chi connectivity index (χ2v) is 5.62. The third-order valence-electron chi connectivity index (χ3n) is 3.25. The maximum Gasteiger partial charge on any atom is 0.124 e. The summed E-state index contributed by atoms with van der Waals surface area (Å²) in [4.78, 5) is 0. The third-order valence-corrected chi connectivity index (χ3v) is 3.71. The van der Waals surface area contributed by atoms with Crippen molar-refractivity contribution in [1.82, 2.24) is 9.78 Å². The van der Waals surface area contributed by atoms with Gasteiger partial charge in [0.25, 0.3) is 0 Å². The van der Waals surface area contributed by atoms with Gasteiger partial charge in [-0.15, -0.1) is 0 Å². The van der Waals surface area contributed by atoms with Crippen LogP contribution in [0.4, 0.5) is 4.39 Å². The lowest BCUT2D eigenvalue weighted by atomic mass is 10.00. The number of aromatic nitrogens is 2. The van der Waals surface area contributed by atoms with E-state index in [1.807, 2.05) is 27.0 Å². The van der Waals surface area contributed by atoms with Gasteiger partial charge in [-0.3, -0.25) is 4.68 Å². The van der Waals surface area contributed by atoms with E-state index in [1.54, 1.807) is 4.68 Å². The fourth-order valence-electron chi connectivity index (χ4n) is 2.33. The number of aliphatic hydroxyl groups is 1. The van der Waals surface area contributed by atoms with Crippen LogP contribution in [0.3, 0.4) is 0 Å². The molecule has 1 atom stereocenters. The third kappa shape index (κ3) is 3.04. The van der Waals surface area contributed by atoms with E-state index in [9.17, 15) is 9.50 Å². The molecule has 0 aliphatic rings. The predicted molar refractivity (Wildman–Crippen MR) is 75.4 cm³/mol. The highest BCUT2D eigenvalue weighted by Crippen LogP contribution is 2.26. The van der Waals surface area contributed by atoms with Gasteiger partial charge < -0.3 is 5.11 Å². The first-order valence-corrected chi connectivity index (χ1v) is 6.81. The van der Waals surface area contributed by atoms with Gasteiger partial charge in [-0.05, 0) is 37.6 Å². The van der Waals surface area contributed by atoms with Crippen molar-refractivity contribution in [3.05, 3.63) is 51.0 Å². The van der Waals surface area contributed by atoms with Crippen LogP contribution in [-0.4, -0.2) is 14.9 Å². The van der Waals surface area contributed by atoms with E-state index in [2.05, 4.69) is 21.0 Å². The Morgan fingerprint density at radius 1 is 1.37 bits per heavy atom. The van der Waals surface area contributed by atoms with Crippen molar-refractivity contribution < 1.29 is 9.50 Å². The van der Waals surface area contributed by atoms with E-state index < -0.39 is 6.10 Å². The lowest BCUT2D eigenvalue weighted by Gasteiger charge is -2.12. The minimum Gasteiger partial charge on any atom is -0.388 e. The highest BCUT2D eigenvalue weighted by atomic mass is 79.9. The van der Waals surface area contributed by atoms with Crippen molar-refractivity contribution in [3.63, 3.8) is 0 Å². The molecule has 1 aromatic carbocycles. The second kappa shape index (κ2) is 5.43. The second-order valence-electron chi connectivity index (χ2n) is 4.71. The lowest BCUT2D eigenvalue weighted by molar-refractivity contribution is 0.177. The average molecular weight is 327 g/mol. The zero-order valence-electron chi connectivity index (χ0n) is 11.1. The van der Waals surface area contributed by atoms with Gasteiger partial charge in [-0.25, -0.2) is 4.39 Å². The summed E-state index contributed by atoms with van der Waals surface area (Å²) >= 11 is 3.25. The number of rotatable bonds is 3. The Labute approximate surface area is 120 Å². The number of hydrogen-bond donors (Lipinski definition) is 1. The summed E-state index contributed by atoms with van der Waals surface area (Å²) in [7, 11) is 1.84. The molecular weight excluding hydrogens is 311 g/mol. The first kappa shape index (κ1) is 14.2. The zero-order chi connectivity index (χ0) is 14.2. The Bertz CT molecular complexity index is 589. The molecule has 0 radical (unpaired) electrons. The van der Waals surface area contributed by atoms with Crippen LogP contribution in [-0.2, 0) is 13.5 Å². The summed E-state index contributed by atoms with van der Waals surface area (Å²) in [5.74, 6) is -0.309. The number of benzene rings is 1. The molecule has 0 amide bonds. The van der Waals surface area contributed by atoms with Gasteiger partial charge in [0.1, 0.15) is 5.82 Å². The lowest BCUT2D eigenvalue weighted by Crippen LogP contribution is -2.05. The molecule has 0 spiro atoms. The fourth-order valence-corrected chi connectivity index (χ4v) is 2.84. The molecule has 1 N–H and O–H groups in total. The summed E-state index contributed by atoms with van der Waals surface area (Å²) in [5.41, 5.74) is 3.31. The van der Waals surface area contributed by atoms with Gasteiger partial charge in [0, 0.05) is 29.2 Å². The van der Waals surface area contributed by atoms with Crippen molar-refractivity contribution in [1.29, 1.82) is 0 Å². The number of halogens is 2.